The Morgan fingerprint density at radius 3 is 2.67 bits per heavy atom. The molecule has 21 heavy (non-hydrogen) atoms. The maximum atomic E-state index is 12.3. The summed E-state index contributed by atoms with van der Waals surface area (Å²) in [5.74, 6) is -1.18. The molecule has 0 aliphatic rings. The van der Waals surface area contributed by atoms with Gasteiger partial charge in [-0.25, -0.2) is 17.9 Å². The Bertz CT molecular complexity index is 753. The lowest BCUT2D eigenvalue weighted by Crippen LogP contribution is -2.27. The van der Waals surface area contributed by atoms with Gasteiger partial charge < -0.3 is 9.67 Å². The number of hydrogen-bond acceptors (Lipinski definition) is 4. The van der Waals surface area contributed by atoms with Crippen LogP contribution in [0.15, 0.2) is 41.6 Å². The molecule has 2 rings (SSSR count). The average molecular weight is 309 g/mol. The second-order valence-corrected chi connectivity index (χ2v) is 6.29. The first-order valence-corrected chi connectivity index (χ1v) is 7.62. The van der Waals surface area contributed by atoms with Crippen molar-refractivity contribution >= 4 is 16.0 Å². The van der Waals surface area contributed by atoms with Crippen molar-refractivity contribution < 1.29 is 18.3 Å². The first-order valence-electron chi connectivity index (χ1n) is 6.14. The summed E-state index contributed by atoms with van der Waals surface area (Å²) in [6.07, 6.45) is 2.84. The van der Waals surface area contributed by atoms with Gasteiger partial charge in [0.05, 0.1) is 11.7 Å². The number of carbonyl (C=O) groups is 1. The predicted molar refractivity (Wildman–Crippen MR) is 75.3 cm³/mol. The molecule has 0 bridgehead atoms. The Morgan fingerprint density at radius 1 is 1.43 bits per heavy atom. The summed E-state index contributed by atoms with van der Waals surface area (Å²) in [5.41, 5.74) is 0.483. The van der Waals surface area contributed by atoms with Crippen LogP contribution in [0.2, 0.25) is 0 Å². The number of aromatic nitrogens is 2. The number of sulfonamides is 1. The molecule has 1 atom stereocenters. The van der Waals surface area contributed by atoms with E-state index in [0.29, 0.717) is 5.69 Å². The lowest BCUT2D eigenvalue weighted by Gasteiger charge is -2.12. The number of rotatable bonds is 5. The van der Waals surface area contributed by atoms with Crippen LogP contribution in [0.4, 0.5) is 0 Å². The molecule has 0 saturated heterocycles. The van der Waals surface area contributed by atoms with Gasteiger partial charge in [0.2, 0.25) is 10.0 Å². The number of aryl methyl sites for hydroxylation is 1. The zero-order chi connectivity index (χ0) is 15.6. The third kappa shape index (κ3) is 3.29. The van der Waals surface area contributed by atoms with E-state index in [2.05, 4.69) is 9.71 Å². The predicted octanol–water partition coefficient (Wildman–Crippen LogP) is 1.16. The van der Waals surface area contributed by atoms with E-state index >= 15 is 0 Å². The normalized spacial score (nSPS) is 13.0. The Balaban J connectivity index is 2.27. The molecule has 0 fully saturated rings. The summed E-state index contributed by atoms with van der Waals surface area (Å²) in [6, 6.07) is 5.81. The molecule has 0 aliphatic heterocycles. The Kier molecular flexibility index (Phi) is 4.10. The number of carboxylic acids is 1. The second-order valence-electron chi connectivity index (χ2n) is 4.57. The summed E-state index contributed by atoms with van der Waals surface area (Å²) in [7, 11) is -2.34. The first-order chi connectivity index (χ1) is 9.81. The van der Waals surface area contributed by atoms with E-state index in [4.69, 9.17) is 5.11 Å². The number of nitrogens with one attached hydrogen (secondary N) is 1. The van der Waals surface area contributed by atoms with Crippen molar-refractivity contribution in [3.63, 3.8) is 0 Å². The van der Waals surface area contributed by atoms with Gasteiger partial charge in [0.15, 0.2) is 0 Å². The van der Waals surface area contributed by atoms with E-state index < -0.39 is 22.0 Å². The van der Waals surface area contributed by atoms with Crippen LogP contribution in [0, 0.1) is 0 Å². The van der Waals surface area contributed by atoms with E-state index in [0.717, 1.165) is 6.07 Å². The molecule has 0 aliphatic carbocycles. The Hall–Kier alpha value is -2.19. The SMILES string of the molecule is C[C@H](NS(=O)(=O)c1cc(C(=O)O)n(C)c1)c1ccccn1. The van der Waals surface area contributed by atoms with Gasteiger partial charge in [0, 0.05) is 19.4 Å². The third-order valence-electron chi connectivity index (χ3n) is 2.97. The van der Waals surface area contributed by atoms with Crippen LogP contribution in [-0.4, -0.2) is 29.0 Å². The molecule has 2 N–H and O–H groups in total. The van der Waals surface area contributed by atoms with Crippen molar-refractivity contribution in [3.05, 3.63) is 48.0 Å². The number of nitrogens with zero attached hydrogens (tertiary/aromatic N) is 2. The minimum atomic E-state index is -3.82. The van der Waals surface area contributed by atoms with Crippen LogP contribution in [0.25, 0.3) is 0 Å². The number of pyridine rings is 1. The van der Waals surface area contributed by atoms with Gasteiger partial charge in [-0.3, -0.25) is 4.98 Å². The fourth-order valence-electron chi connectivity index (χ4n) is 1.89. The van der Waals surface area contributed by atoms with Crippen molar-refractivity contribution in [2.75, 3.05) is 0 Å². The van der Waals surface area contributed by atoms with Gasteiger partial charge in [-0.2, -0.15) is 0 Å². The quantitative estimate of drug-likeness (QED) is 0.863. The minimum Gasteiger partial charge on any atom is -0.477 e. The zero-order valence-electron chi connectivity index (χ0n) is 11.5. The van der Waals surface area contributed by atoms with Crippen LogP contribution in [-0.2, 0) is 17.1 Å². The van der Waals surface area contributed by atoms with E-state index in [1.165, 1.54) is 17.8 Å². The van der Waals surface area contributed by atoms with Crippen LogP contribution in [0.5, 0.6) is 0 Å². The molecule has 0 amide bonds. The van der Waals surface area contributed by atoms with E-state index in [-0.39, 0.29) is 10.6 Å². The molecule has 8 heteroatoms. The average Bonchev–Trinajstić information content (AvgIpc) is 2.82. The molecule has 0 unspecified atom stereocenters. The standard InChI is InChI=1S/C13H15N3O4S/c1-9(11-5-3-4-6-14-11)15-21(19,20)10-7-12(13(17)18)16(2)8-10/h3-9,15H,1-2H3,(H,17,18)/t9-/m0/s1. The van der Waals surface area contributed by atoms with Crippen molar-refractivity contribution in [1.82, 2.24) is 14.3 Å². The van der Waals surface area contributed by atoms with Crippen LogP contribution < -0.4 is 4.72 Å². The van der Waals surface area contributed by atoms with Gasteiger partial charge in [-0.1, -0.05) is 6.07 Å². The molecule has 0 aromatic carbocycles. The van der Waals surface area contributed by atoms with Gasteiger partial charge in [0.25, 0.3) is 0 Å². The fraction of sp³-hybridized carbons (Fsp3) is 0.231. The monoisotopic (exact) mass is 309 g/mol. The van der Waals surface area contributed by atoms with E-state index in [1.807, 2.05) is 0 Å². The summed E-state index contributed by atoms with van der Waals surface area (Å²) in [6.45, 7) is 1.67. The maximum absolute atomic E-state index is 12.3. The highest BCUT2D eigenvalue weighted by Crippen LogP contribution is 2.17. The molecule has 2 heterocycles. The fourth-order valence-corrected chi connectivity index (χ4v) is 3.17. The number of hydrogen-bond donors (Lipinski definition) is 2. The molecule has 0 radical (unpaired) electrons. The number of carboxylic acid groups (broad SMARTS) is 1. The topological polar surface area (TPSA) is 101 Å². The van der Waals surface area contributed by atoms with Crippen molar-refractivity contribution in [2.24, 2.45) is 7.05 Å². The largest absolute Gasteiger partial charge is 0.477 e. The minimum absolute atomic E-state index is 0.0924. The molecular weight excluding hydrogens is 294 g/mol. The van der Waals surface area contributed by atoms with Crippen LogP contribution >= 0.6 is 0 Å². The van der Waals surface area contributed by atoms with Gasteiger partial charge >= 0.3 is 5.97 Å². The highest BCUT2D eigenvalue weighted by atomic mass is 32.2. The summed E-state index contributed by atoms with van der Waals surface area (Å²) in [5, 5.41) is 8.96. The third-order valence-corrected chi connectivity index (χ3v) is 4.48. The summed E-state index contributed by atoms with van der Waals surface area (Å²) >= 11 is 0. The number of aromatic carboxylic acids is 1. The Morgan fingerprint density at radius 2 is 2.14 bits per heavy atom. The molecule has 112 valence electrons. The van der Waals surface area contributed by atoms with Crippen LogP contribution in [0.3, 0.4) is 0 Å². The smallest absolute Gasteiger partial charge is 0.352 e. The van der Waals surface area contributed by atoms with Crippen LogP contribution in [0.1, 0.15) is 29.1 Å². The molecule has 0 saturated carbocycles. The van der Waals surface area contributed by atoms with Gasteiger partial charge in [0.1, 0.15) is 10.6 Å². The first kappa shape index (κ1) is 15.2. The lowest BCUT2D eigenvalue weighted by atomic mass is 10.2. The highest BCUT2D eigenvalue weighted by Gasteiger charge is 2.22. The molecule has 7 nitrogen and oxygen atoms in total. The lowest BCUT2D eigenvalue weighted by molar-refractivity contribution is 0.0686. The maximum Gasteiger partial charge on any atom is 0.352 e. The van der Waals surface area contributed by atoms with Crippen molar-refractivity contribution in [1.29, 1.82) is 0 Å². The van der Waals surface area contributed by atoms with E-state index in [9.17, 15) is 13.2 Å². The second kappa shape index (κ2) is 5.66. The van der Waals surface area contributed by atoms with Gasteiger partial charge in [-0.05, 0) is 25.1 Å². The van der Waals surface area contributed by atoms with Gasteiger partial charge in [-0.15, -0.1) is 0 Å². The molecular formula is C13H15N3O4S. The molecule has 0 spiro atoms. The summed E-state index contributed by atoms with van der Waals surface area (Å²) < 4.78 is 28.2. The zero-order valence-corrected chi connectivity index (χ0v) is 12.3. The molecule has 2 aromatic rings. The van der Waals surface area contributed by atoms with Crippen molar-refractivity contribution in [2.45, 2.75) is 17.9 Å². The van der Waals surface area contributed by atoms with Crippen molar-refractivity contribution in [3.8, 4) is 0 Å². The summed E-state index contributed by atoms with van der Waals surface area (Å²) in [4.78, 5) is 14.9. The van der Waals surface area contributed by atoms with E-state index in [1.54, 1.807) is 31.3 Å². The highest BCUT2D eigenvalue weighted by molar-refractivity contribution is 7.89. The Labute approximate surface area is 122 Å². The molecule has 2 aromatic heterocycles.